The number of nitrogens with zero attached hydrogens (tertiary/aromatic N) is 2. The third kappa shape index (κ3) is 7.72. The van der Waals surface area contributed by atoms with Crippen molar-refractivity contribution < 1.29 is 30.9 Å². The van der Waals surface area contributed by atoms with Gasteiger partial charge in [0.25, 0.3) is 0 Å². The van der Waals surface area contributed by atoms with Crippen LogP contribution in [0.5, 0.6) is 5.75 Å². The van der Waals surface area contributed by atoms with Crippen LogP contribution in [0.1, 0.15) is 82.7 Å². The standard InChI is InChI=1S/C34H39N2O.2CH3.Hf/c1-22(2)25-16-11-17-26(23(3)4)32(25)35-21-24-13-10-20-31(36-24)28-15-9-8-14-27(28)29-18-12-19-30(33(29)37)34(5,6)7;;;/h8-20,22-23H,21H2,1-7H3,(H,36,37);2*1H3;/q3*-1;. The molecule has 40 heavy (non-hydrogen) atoms. The molecular weight excluding hydrogens is 655 g/mol. The maximum absolute atomic E-state index is 11.2. The Kier molecular flexibility index (Phi) is 13.0. The van der Waals surface area contributed by atoms with Gasteiger partial charge in [0.1, 0.15) is 5.75 Å². The summed E-state index contributed by atoms with van der Waals surface area (Å²) in [5.41, 5.74) is 9.04. The number of aromatic nitrogens is 1. The first-order chi connectivity index (χ1) is 17.6. The van der Waals surface area contributed by atoms with Gasteiger partial charge in [0.15, 0.2) is 0 Å². The van der Waals surface area contributed by atoms with E-state index in [1.165, 1.54) is 11.1 Å². The molecule has 0 amide bonds. The van der Waals surface area contributed by atoms with Gasteiger partial charge in [0.05, 0.1) is 5.69 Å². The minimum absolute atomic E-state index is 0. The second-order valence-electron chi connectivity index (χ2n) is 11.4. The van der Waals surface area contributed by atoms with Gasteiger partial charge in [-0.05, 0) is 40.5 Å². The molecule has 0 saturated carbocycles. The number of rotatable bonds is 7. The van der Waals surface area contributed by atoms with Crippen LogP contribution in [0.25, 0.3) is 27.7 Å². The molecule has 0 spiro atoms. The van der Waals surface area contributed by atoms with E-state index in [0.29, 0.717) is 24.1 Å². The number of hydrogen-bond acceptors (Lipinski definition) is 2. The Balaban J connectivity index is 0.00000267. The van der Waals surface area contributed by atoms with Gasteiger partial charge in [-0.3, -0.25) is 4.98 Å². The fourth-order valence-electron chi connectivity index (χ4n) is 4.88. The summed E-state index contributed by atoms with van der Waals surface area (Å²) in [5, 5.41) is 16.3. The second-order valence-corrected chi connectivity index (χ2v) is 11.4. The molecule has 4 aromatic rings. The molecule has 1 N–H and O–H groups in total. The van der Waals surface area contributed by atoms with E-state index < -0.39 is 0 Å². The molecule has 0 unspecified atom stereocenters. The van der Waals surface area contributed by atoms with Crippen LogP contribution in [-0.2, 0) is 37.8 Å². The molecule has 0 aliphatic carbocycles. The monoisotopic (exact) mass is 701 g/mol. The average Bonchev–Trinajstić information content (AvgIpc) is 2.86. The molecule has 0 aliphatic rings. The van der Waals surface area contributed by atoms with Crippen molar-refractivity contribution in [1.82, 2.24) is 4.98 Å². The number of phenols is 1. The van der Waals surface area contributed by atoms with E-state index in [2.05, 4.69) is 78.8 Å². The van der Waals surface area contributed by atoms with Crippen molar-refractivity contribution in [3.05, 3.63) is 121 Å². The Labute approximate surface area is 262 Å². The van der Waals surface area contributed by atoms with E-state index in [9.17, 15) is 5.11 Å². The molecule has 4 rings (SSSR count). The van der Waals surface area contributed by atoms with Crippen LogP contribution in [0.15, 0.2) is 78.9 Å². The Morgan fingerprint density at radius 2 is 1.23 bits per heavy atom. The van der Waals surface area contributed by atoms with Crippen molar-refractivity contribution >= 4 is 5.69 Å². The van der Waals surface area contributed by atoms with Gasteiger partial charge in [0, 0.05) is 42.7 Å². The largest absolute Gasteiger partial charge is 0.679 e. The topological polar surface area (TPSA) is 47.2 Å². The molecule has 1 aromatic heterocycles. The summed E-state index contributed by atoms with van der Waals surface area (Å²) in [5.74, 6) is 1.14. The van der Waals surface area contributed by atoms with Crippen molar-refractivity contribution in [2.75, 3.05) is 0 Å². The first kappa shape index (κ1) is 35.3. The van der Waals surface area contributed by atoms with Gasteiger partial charge in [-0.25, -0.2) is 0 Å². The predicted molar refractivity (Wildman–Crippen MR) is 170 cm³/mol. The third-order valence-corrected chi connectivity index (χ3v) is 6.89. The van der Waals surface area contributed by atoms with Crippen molar-refractivity contribution in [1.29, 1.82) is 0 Å². The molecular formula is C36H45HfN2O-3. The van der Waals surface area contributed by atoms with E-state index in [4.69, 9.17) is 10.3 Å². The van der Waals surface area contributed by atoms with Gasteiger partial charge in [0.2, 0.25) is 0 Å². The number of aromatic hydroxyl groups is 1. The Bertz CT molecular complexity index is 1360. The fraction of sp³-hybridized carbons (Fsp3) is 0.306. The number of phenolic OH excluding ortho intramolecular Hbond substituents is 1. The zero-order valence-corrected chi connectivity index (χ0v) is 29.3. The van der Waals surface area contributed by atoms with Crippen molar-refractivity contribution in [3.8, 4) is 28.1 Å². The smallest absolute Gasteiger partial charge is 0.127 e. The van der Waals surface area contributed by atoms with Crippen LogP contribution in [0.3, 0.4) is 0 Å². The average molecular weight is 700 g/mol. The predicted octanol–water partition coefficient (Wildman–Crippen LogP) is 10.8. The quantitative estimate of drug-likeness (QED) is 0.154. The summed E-state index contributed by atoms with van der Waals surface area (Å²) in [6, 6.07) is 26.8. The first-order valence-electron chi connectivity index (χ1n) is 13.3. The van der Waals surface area contributed by atoms with Crippen molar-refractivity contribution in [2.24, 2.45) is 0 Å². The molecule has 0 radical (unpaired) electrons. The molecule has 0 aliphatic heterocycles. The van der Waals surface area contributed by atoms with Gasteiger partial charge >= 0.3 is 0 Å². The third-order valence-electron chi connectivity index (χ3n) is 6.89. The minimum atomic E-state index is -0.157. The van der Waals surface area contributed by atoms with Crippen LogP contribution in [0, 0.1) is 14.9 Å². The molecule has 0 atom stereocenters. The molecule has 1 heterocycles. The molecule has 4 heteroatoms. The van der Waals surface area contributed by atoms with Gasteiger partial charge < -0.3 is 25.3 Å². The van der Waals surface area contributed by atoms with E-state index >= 15 is 0 Å². The summed E-state index contributed by atoms with van der Waals surface area (Å²) in [4.78, 5) is 5.02. The first-order valence-corrected chi connectivity index (χ1v) is 13.3. The molecule has 0 bridgehead atoms. The molecule has 0 fully saturated rings. The normalized spacial score (nSPS) is 10.9. The maximum Gasteiger partial charge on any atom is 0.127 e. The Hall–Kier alpha value is -2.72. The summed E-state index contributed by atoms with van der Waals surface area (Å²) >= 11 is 0. The van der Waals surface area contributed by atoms with Crippen LogP contribution in [-0.4, -0.2) is 10.1 Å². The summed E-state index contributed by atoms with van der Waals surface area (Å²) < 4.78 is 0. The summed E-state index contributed by atoms with van der Waals surface area (Å²) in [6.07, 6.45) is 0. The SMILES string of the molecule is CC(C)c1cccc(C(C)C)c1[N-]Cc1cccc(-c2ccccc2-c2cccc(C(C)(C)C)c2O)n1.[CH3-].[CH3-].[Hf]. The number of benzene rings is 3. The zero-order valence-electron chi connectivity index (χ0n) is 25.7. The zero-order chi connectivity index (χ0) is 26.7. The van der Waals surface area contributed by atoms with Gasteiger partial charge in [-0.15, -0.1) is 5.69 Å². The summed E-state index contributed by atoms with van der Waals surface area (Å²) in [6.45, 7) is 15.8. The van der Waals surface area contributed by atoms with Crippen LogP contribution in [0.2, 0.25) is 0 Å². The number of para-hydroxylation sites is 2. The van der Waals surface area contributed by atoms with Crippen LogP contribution < -0.4 is 0 Å². The van der Waals surface area contributed by atoms with E-state index in [-0.39, 0.29) is 46.1 Å². The molecule has 3 nitrogen and oxygen atoms in total. The van der Waals surface area contributed by atoms with E-state index in [1.807, 2.05) is 48.5 Å². The van der Waals surface area contributed by atoms with Crippen LogP contribution in [0.4, 0.5) is 5.69 Å². The summed E-state index contributed by atoms with van der Waals surface area (Å²) in [7, 11) is 0. The van der Waals surface area contributed by atoms with Crippen molar-refractivity contribution in [3.63, 3.8) is 0 Å². The Morgan fingerprint density at radius 3 is 1.80 bits per heavy atom. The minimum Gasteiger partial charge on any atom is -0.679 e. The Morgan fingerprint density at radius 1 is 0.700 bits per heavy atom. The van der Waals surface area contributed by atoms with Gasteiger partial charge in [-0.2, -0.15) is 0 Å². The van der Waals surface area contributed by atoms with Crippen LogP contribution >= 0.6 is 0 Å². The molecule has 0 saturated heterocycles. The van der Waals surface area contributed by atoms with Crippen molar-refractivity contribution in [2.45, 2.75) is 72.3 Å². The number of hydrogen-bond donors (Lipinski definition) is 1. The fourth-order valence-corrected chi connectivity index (χ4v) is 4.88. The maximum atomic E-state index is 11.2. The molecule has 3 aromatic carbocycles. The van der Waals surface area contributed by atoms with E-state index in [1.54, 1.807) is 0 Å². The number of pyridine rings is 1. The molecule has 212 valence electrons. The second kappa shape index (κ2) is 14.8. The van der Waals surface area contributed by atoms with Gasteiger partial charge in [-0.1, -0.05) is 133 Å². The van der Waals surface area contributed by atoms with E-state index in [0.717, 1.165) is 39.3 Å².